The van der Waals surface area contributed by atoms with Gasteiger partial charge in [-0.25, -0.2) is 0 Å². The molecule has 1 saturated carbocycles. The van der Waals surface area contributed by atoms with Crippen molar-refractivity contribution in [3.05, 3.63) is 24.3 Å². The third-order valence-corrected chi connectivity index (χ3v) is 19.9. The van der Waals surface area contributed by atoms with Crippen LogP contribution in [0.4, 0.5) is 0 Å². The van der Waals surface area contributed by atoms with Crippen LogP contribution in [-0.2, 0) is 4.43 Å². The average Bonchev–Trinajstić information content (AvgIpc) is 3.44. The summed E-state index contributed by atoms with van der Waals surface area (Å²) in [6.07, 6.45) is 9.95. The van der Waals surface area contributed by atoms with Crippen molar-refractivity contribution in [1.82, 2.24) is 0 Å². The van der Waals surface area contributed by atoms with E-state index in [0.29, 0.717) is 34.9 Å². The Hall–Kier alpha value is -0.606. The van der Waals surface area contributed by atoms with Gasteiger partial charge >= 0.3 is 0 Å². The molecular weight excluding hydrogens is 461 g/mol. The lowest BCUT2D eigenvalue weighted by Gasteiger charge is -2.44. The van der Waals surface area contributed by atoms with E-state index in [2.05, 4.69) is 125 Å². The van der Waals surface area contributed by atoms with E-state index < -0.39 is 22.5 Å². The summed E-state index contributed by atoms with van der Waals surface area (Å²) in [6.45, 7) is 32.0. The standard InChI is InChI=1S/C31H58O2Si2/c1-15-17-29(33-34(13,14)30(8,9)10)31(11,12)28(32)19-16-18-26-22-27(26)20-21-35(23(2)3,24(4)5)25(6)7/h15-18,23-29,32H,19,22H2,1-14H3/b17-15+,18-16-/t26-,27+,28-,29-/m0/s1. The smallest absolute Gasteiger partial charge is 0.192 e. The second kappa shape index (κ2) is 12.3. The van der Waals surface area contributed by atoms with E-state index in [0.717, 1.165) is 6.42 Å². The van der Waals surface area contributed by atoms with E-state index in [9.17, 15) is 5.11 Å². The Kier molecular flexibility index (Phi) is 11.4. The molecule has 0 amide bonds. The van der Waals surface area contributed by atoms with Gasteiger partial charge in [-0.1, -0.05) is 100 Å². The van der Waals surface area contributed by atoms with Crippen molar-refractivity contribution < 1.29 is 9.53 Å². The largest absolute Gasteiger partial charge is 0.410 e. The van der Waals surface area contributed by atoms with Crippen LogP contribution in [0, 0.1) is 28.7 Å². The van der Waals surface area contributed by atoms with Crippen LogP contribution in [0.1, 0.15) is 95.9 Å². The fourth-order valence-electron chi connectivity index (χ4n) is 5.23. The van der Waals surface area contributed by atoms with Gasteiger partial charge in [0.15, 0.2) is 8.32 Å². The van der Waals surface area contributed by atoms with Crippen LogP contribution in [0.15, 0.2) is 24.3 Å². The first-order chi connectivity index (χ1) is 15.8. The number of hydrogen-bond acceptors (Lipinski definition) is 2. The average molecular weight is 519 g/mol. The van der Waals surface area contributed by atoms with Crippen molar-refractivity contribution in [2.75, 3.05) is 0 Å². The monoisotopic (exact) mass is 518 g/mol. The van der Waals surface area contributed by atoms with Crippen molar-refractivity contribution in [2.45, 2.75) is 143 Å². The number of aliphatic hydroxyl groups is 1. The maximum atomic E-state index is 11.2. The van der Waals surface area contributed by atoms with Gasteiger partial charge in [0.1, 0.15) is 8.07 Å². The summed E-state index contributed by atoms with van der Waals surface area (Å²) < 4.78 is 6.76. The highest BCUT2D eigenvalue weighted by Gasteiger charge is 2.45. The second-order valence-corrected chi connectivity index (χ2v) is 24.3. The molecule has 0 aromatic rings. The molecule has 4 atom stereocenters. The molecule has 1 N–H and O–H groups in total. The van der Waals surface area contributed by atoms with Crippen molar-refractivity contribution >= 4 is 16.4 Å². The van der Waals surface area contributed by atoms with Crippen LogP contribution in [0.25, 0.3) is 0 Å². The maximum absolute atomic E-state index is 11.2. The number of aliphatic hydroxyl groups excluding tert-OH is 1. The van der Waals surface area contributed by atoms with Gasteiger partial charge < -0.3 is 9.53 Å². The Morgan fingerprint density at radius 3 is 1.91 bits per heavy atom. The first kappa shape index (κ1) is 32.4. The van der Waals surface area contributed by atoms with Gasteiger partial charge in [0.25, 0.3) is 0 Å². The van der Waals surface area contributed by atoms with E-state index >= 15 is 0 Å². The van der Waals surface area contributed by atoms with Gasteiger partial charge in [0.2, 0.25) is 0 Å². The van der Waals surface area contributed by atoms with Crippen molar-refractivity contribution in [3.63, 3.8) is 0 Å². The van der Waals surface area contributed by atoms with Gasteiger partial charge in [-0.15, -0.1) is 11.5 Å². The molecule has 0 bridgehead atoms. The molecule has 1 rings (SSSR count). The molecule has 0 aromatic carbocycles. The van der Waals surface area contributed by atoms with Crippen LogP contribution >= 0.6 is 0 Å². The highest BCUT2D eigenvalue weighted by atomic mass is 28.4. The van der Waals surface area contributed by atoms with Crippen LogP contribution in [-0.4, -0.2) is 33.7 Å². The molecule has 0 radical (unpaired) electrons. The van der Waals surface area contributed by atoms with E-state index in [-0.39, 0.29) is 16.6 Å². The predicted octanol–water partition coefficient (Wildman–Crippen LogP) is 9.14. The van der Waals surface area contributed by atoms with Crippen LogP contribution in [0.2, 0.25) is 34.8 Å². The minimum absolute atomic E-state index is 0.0995. The molecule has 0 spiro atoms. The summed E-state index contributed by atoms with van der Waals surface area (Å²) in [4.78, 5) is 0. The highest BCUT2D eigenvalue weighted by Crippen LogP contribution is 2.44. The minimum Gasteiger partial charge on any atom is -0.410 e. The van der Waals surface area contributed by atoms with Crippen molar-refractivity contribution in [3.8, 4) is 11.5 Å². The molecule has 0 unspecified atom stereocenters. The molecule has 202 valence electrons. The molecule has 0 aliphatic heterocycles. The molecule has 0 aromatic heterocycles. The van der Waals surface area contributed by atoms with E-state index in [1.165, 1.54) is 0 Å². The SMILES string of the molecule is C/C=C/[C@H](O[Si](C)(C)C(C)(C)C)C(C)(C)[C@@H](O)C/C=C\[C@H]1C[C@H]1C#C[Si](C(C)C)(C(C)C)C(C)C. The molecule has 2 nitrogen and oxygen atoms in total. The maximum Gasteiger partial charge on any atom is 0.192 e. The molecule has 1 fully saturated rings. The quantitative estimate of drug-likeness (QED) is 0.168. The molecule has 4 heteroatoms. The van der Waals surface area contributed by atoms with E-state index in [1.54, 1.807) is 0 Å². The summed E-state index contributed by atoms with van der Waals surface area (Å²) in [5.41, 5.74) is 5.56. The summed E-state index contributed by atoms with van der Waals surface area (Å²) >= 11 is 0. The van der Waals surface area contributed by atoms with Gasteiger partial charge in [-0.3, -0.25) is 0 Å². The number of allylic oxidation sites excluding steroid dienone is 2. The lowest BCUT2D eigenvalue weighted by Crippen LogP contribution is -2.50. The third-order valence-electron chi connectivity index (χ3n) is 9.11. The zero-order valence-corrected chi connectivity index (χ0v) is 27.6. The summed E-state index contributed by atoms with van der Waals surface area (Å²) in [6, 6.07) is 0. The van der Waals surface area contributed by atoms with Crippen molar-refractivity contribution in [1.29, 1.82) is 0 Å². The fourth-order valence-corrected chi connectivity index (χ4v) is 11.9. The second-order valence-electron chi connectivity index (χ2n) is 14.0. The normalized spacial score (nSPS) is 21.8. The lowest BCUT2D eigenvalue weighted by atomic mass is 9.79. The molecule has 1 aliphatic carbocycles. The predicted molar refractivity (Wildman–Crippen MR) is 161 cm³/mol. The van der Waals surface area contributed by atoms with E-state index in [4.69, 9.17) is 4.43 Å². The molecular formula is C31H58O2Si2. The topological polar surface area (TPSA) is 29.5 Å². The Morgan fingerprint density at radius 2 is 1.49 bits per heavy atom. The zero-order valence-electron chi connectivity index (χ0n) is 25.6. The van der Waals surface area contributed by atoms with Crippen LogP contribution in [0.5, 0.6) is 0 Å². The Morgan fingerprint density at radius 1 is 0.971 bits per heavy atom. The summed E-state index contributed by atoms with van der Waals surface area (Å²) in [5.74, 6) is 4.75. The van der Waals surface area contributed by atoms with Crippen LogP contribution < -0.4 is 0 Å². The number of rotatable bonds is 11. The van der Waals surface area contributed by atoms with Gasteiger partial charge in [0.05, 0.1) is 12.2 Å². The summed E-state index contributed by atoms with van der Waals surface area (Å²) in [7, 11) is -3.60. The first-order valence-electron chi connectivity index (χ1n) is 14.0. The molecule has 1 aliphatic rings. The van der Waals surface area contributed by atoms with Gasteiger partial charge in [0, 0.05) is 11.3 Å². The lowest BCUT2D eigenvalue weighted by molar-refractivity contribution is -0.0181. The first-order valence-corrected chi connectivity index (χ1v) is 19.2. The van der Waals surface area contributed by atoms with E-state index in [1.807, 2.05) is 6.92 Å². The molecule has 35 heavy (non-hydrogen) atoms. The van der Waals surface area contributed by atoms with Crippen LogP contribution in [0.3, 0.4) is 0 Å². The third kappa shape index (κ3) is 7.94. The Labute approximate surface area is 221 Å². The Balaban J connectivity index is 2.87. The Bertz CT molecular complexity index is 765. The molecule has 0 saturated heterocycles. The van der Waals surface area contributed by atoms with Gasteiger partial charge in [-0.05, 0) is 60.4 Å². The zero-order chi connectivity index (χ0) is 27.4. The minimum atomic E-state index is -1.95. The van der Waals surface area contributed by atoms with Gasteiger partial charge in [-0.2, -0.15) is 0 Å². The highest BCUT2D eigenvalue weighted by molar-refractivity contribution is 6.90. The molecule has 0 heterocycles. The summed E-state index contributed by atoms with van der Waals surface area (Å²) in [5, 5.41) is 11.3. The van der Waals surface area contributed by atoms with Crippen molar-refractivity contribution in [2.24, 2.45) is 17.3 Å². The fraction of sp³-hybridized carbons (Fsp3) is 0.806. The number of hydrogen-bond donors (Lipinski definition) is 1.